The number of hydrogen-bond acceptors (Lipinski definition) is 1. The van der Waals surface area contributed by atoms with Crippen LogP contribution in [0.25, 0.3) is 0 Å². The van der Waals surface area contributed by atoms with E-state index in [9.17, 15) is 4.79 Å². The predicted octanol–water partition coefficient (Wildman–Crippen LogP) is 12.6. The molecule has 0 aromatic heterocycles. The van der Waals surface area contributed by atoms with Crippen LogP contribution >= 0.6 is 23.2 Å². The first-order valence-electron chi connectivity index (χ1n) is 18.8. The van der Waals surface area contributed by atoms with Crippen LogP contribution in [0.1, 0.15) is 181 Å². The number of hydrogen-bond donors (Lipinski definition) is 0. The molecule has 0 amide bonds. The quantitative estimate of drug-likeness (QED) is 0.159. The molecule has 0 aliphatic heterocycles. The van der Waals surface area contributed by atoms with Crippen LogP contribution in [0.5, 0.6) is 0 Å². The monoisotopic (exact) mass is 606 g/mol. The number of Topliss-reactive ketones (excluding diaryl/α,β-unsaturated/α-hetero) is 1. The van der Waals surface area contributed by atoms with Crippen molar-refractivity contribution < 1.29 is 4.79 Å². The number of carbonyl (C=O) groups excluding carboxylic acids is 1. The van der Waals surface area contributed by atoms with Crippen molar-refractivity contribution in [2.75, 3.05) is 0 Å². The number of halogens is 2. The molecule has 0 saturated heterocycles. The Kier molecular flexibility index (Phi) is 11.6. The van der Waals surface area contributed by atoms with Gasteiger partial charge in [-0.1, -0.05) is 127 Å². The van der Waals surface area contributed by atoms with Gasteiger partial charge in [0.1, 0.15) is 4.33 Å². The lowest BCUT2D eigenvalue weighted by Crippen LogP contribution is -2.74. The van der Waals surface area contributed by atoms with Gasteiger partial charge in [-0.3, -0.25) is 4.79 Å². The van der Waals surface area contributed by atoms with E-state index in [1.807, 2.05) is 0 Å². The highest BCUT2D eigenvalue weighted by Gasteiger charge is 2.79. The van der Waals surface area contributed by atoms with Crippen LogP contribution in [0.15, 0.2) is 0 Å². The van der Waals surface area contributed by atoms with E-state index in [-0.39, 0.29) is 0 Å². The van der Waals surface area contributed by atoms with Gasteiger partial charge in [-0.25, -0.2) is 0 Å². The maximum atomic E-state index is 14.1. The van der Waals surface area contributed by atoms with Crippen LogP contribution < -0.4 is 0 Å². The average Bonchev–Trinajstić information content (AvgIpc) is 3.02. The molecule has 5 rings (SSSR count). The zero-order chi connectivity index (χ0) is 28.9. The van der Waals surface area contributed by atoms with Crippen molar-refractivity contribution in [2.24, 2.45) is 46.3 Å². The van der Waals surface area contributed by atoms with Gasteiger partial charge >= 0.3 is 0 Å². The van der Waals surface area contributed by atoms with E-state index in [0.29, 0.717) is 5.78 Å². The number of alkyl halides is 2. The largest absolute Gasteiger partial charge is 0.298 e. The van der Waals surface area contributed by atoms with Crippen molar-refractivity contribution in [2.45, 2.75) is 185 Å². The molecule has 0 atom stereocenters. The zero-order valence-corrected chi connectivity index (χ0v) is 28.5. The fourth-order valence-corrected chi connectivity index (χ4v) is 12.1. The van der Waals surface area contributed by atoms with Crippen LogP contribution in [0.2, 0.25) is 0 Å². The first kappa shape index (κ1) is 32.6. The van der Waals surface area contributed by atoms with E-state index in [4.69, 9.17) is 23.2 Å². The summed E-state index contributed by atoms with van der Waals surface area (Å²) >= 11 is 14.7. The third-order valence-electron chi connectivity index (χ3n) is 13.9. The van der Waals surface area contributed by atoms with Crippen LogP contribution in [0.3, 0.4) is 0 Å². The first-order valence-corrected chi connectivity index (χ1v) is 19.5. The van der Waals surface area contributed by atoms with Gasteiger partial charge in [0.05, 0.1) is 10.8 Å². The van der Waals surface area contributed by atoms with Crippen molar-refractivity contribution >= 4 is 29.0 Å². The van der Waals surface area contributed by atoms with Gasteiger partial charge in [-0.15, -0.1) is 0 Å². The highest BCUT2D eigenvalue weighted by atomic mass is 35.5. The van der Waals surface area contributed by atoms with Crippen molar-refractivity contribution in [3.63, 3.8) is 0 Å². The molecule has 5 aliphatic rings. The van der Waals surface area contributed by atoms with Gasteiger partial charge in [0, 0.05) is 0 Å². The Morgan fingerprint density at radius 3 is 1.17 bits per heavy atom. The third-order valence-corrected chi connectivity index (χ3v) is 15.3. The minimum Gasteiger partial charge on any atom is -0.298 e. The number of carbonyl (C=O) groups is 1. The van der Waals surface area contributed by atoms with E-state index in [1.165, 1.54) is 141 Å². The summed E-state index contributed by atoms with van der Waals surface area (Å²) in [4.78, 5) is 14.1. The zero-order valence-electron chi connectivity index (χ0n) is 27.0. The molecule has 0 N–H and O–H groups in total. The highest BCUT2D eigenvalue weighted by molar-refractivity contribution is 6.55. The molecule has 5 fully saturated rings. The van der Waals surface area contributed by atoms with E-state index < -0.39 is 15.2 Å². The maximum absolute atomic E-state index is 14.1. The Bertz CT molecular complexity index is 738. The van der Waals surface area contributed by atoms with Gasteiger partial charge in [-0.2, -0.15) is 0 Å². The number of unbranched alkanes of at least 4 members (excludes halogenated alkanes) is 6. The van der Waals surface area contributed by atoms with Gasteiger partial charge in [-0.05, 0) is 113 Å². The fraction of sp³-hybridized carbons (Fsp3) is 0.974. The Labute approximate surface area is 264 Å². The summed E-state index contributed by atoms with van der Waals surface area (Å²) in [6.45, 7) is 4.61. The number of ketones is 1. The van der Waals surface area contributed by atoms with Crippen LogP contribution in [0.4, 0.5) is 0 Å². The lowest BCUT2D eigenvalue weighted by Gasteiger charge is -2.67. The summed E-state index contributed by atoms with van der Waals surface area (Å²) < 4.78 is -0.834. The van der Waals surface area contributed by atoms with Gasteiger partial charge in [0.2, 0.25) is 0 Å². The summed E-state index contributed by atoms with van der Waals surface area (Å²) in [5, 5.41) is 0. The second-order valence-corrected chi connectivity index (χ2v) is 17.3. The summed E-state index contributed by atoms with van der Waals surface area (Å²) in [7, 11) is 0. The maximum Gasteiger partial charge on any atom is 0.151 e. The highest BCUT2D eigenvalue weighted by Crippen LogP contribution is 2.75. The fourth-order valence-electron chi connectivity index (χ4n) is 11.0. The minimum atomic E-state index is -0.834. The first-order chi connectivity index (χ1) is 19.9. The molecular weight excluding hydrogens is 543 g/mol. The second-order valence-electron chi connectivity index (χ2n) is 16.0. The molecule has 0 aromatic carbocycles. The Balaban J connectivity index is 1.05. The van der Waals surface area contributed by atoms with Gasteiger partial charge in [0.15, 0.2) is 5.78 Å². The van der Waals surface area contributed by atoms with Gasteiger partial charge < -0.3 is 0 Å². The van der Waals surface area contributed by atoms with Crippen molar-refractivity contribution in [1.29, 1.82) is 0 Å². The lowest BCUT2D eigenvalue weighted by atomic mass is 9.41. The average molecular weight is 608 g/mol. The molecule has 0 bridgehead atoms. The van der Waals surface area contributed by atoms with E-state index in [2.05, 4.69) is 13.8 Å². The van der Waals surface area contributed by atoms with E-state index in [0.717, 1.165) is 61.2 Å². The summed E-state index contributed by atoms with van der Waals surface area (Å²) in [6.07, 6.45) is 34.1. The lowest BCUT2D eigenvalue weighted by molar-refractivity contribution is -0.173. The molecule has 1 nitrogen and oxygen atoms in total. The third kappa shape index (κ3) is 6.63. The Morgan fingerprint density at radius 2 is 0.854 bits per heavy atom. The molecule has 0 heterocycles. The van der Waals surface area contributed by atoms with Crippen molar-refractivity contribution in [1.82, 2.24) is 0 Å². The molecular formula is C38H64Cl2O. The molecule has 0 radical (unpaired) electrons. The molecule has 5 saturated carbocycles. The Morgan fingerprint density at radius 1 is 0.512 bits per heavy atom. The molecule has 3 heteroatoms. The van der Waals surface area contributed by atoms with Gasteiger partial charge in [0.25, 0.3) is 0 Å². The standard InChI is InChI=1S/C38H64Cl2O/c1-3-5-7-9-11-29-13-17-31(18-14-29)33-21-25-36(26-22-33)35(41)37(38(36,39)40)27-23-34(24-28-37)32-19-15-30(16-20-32)12-10-8-6-4-2/h29-34H,3-28H2,1-2H3. The van der Waals surface area contributed by atoms with Crippen molar-refractivity contribution in [3.8, 4) is 0 Å². The van der Waals surface area contributed by atoms with Crippen molar-refractivity contribution in [3.05, 3.63) is 0 Å². The van der Waals surface area contributed by atoms with E-state index in [1.54, 1.807) is 0 Å². The Hall–Kier alpha value is 0.250. The van der Waals surface area contributed by atoms with E-state index >= 15 is 0 Å². The molecule has 5 aliphatic carbocycles. The SMILES string of the molecule is CCCCCCC1CCC(C2CCC3(CC2)C(=O)C2(CCC(C4CCC(CCCCCC)CC4)CC2)C3(Cl)Cl)CC1. The normalized spacial score (nSPS) is 41.0. The van der Waals surface area contributed by atoms with Crippen LogP contribution in [0, 0.1) is 46.3 Å². The summed E-state index contributed by atoms with van der Waals surface area (Å²) in [6, 6.07) is 0. The minimum absolute atomic E-state index is 0.439. The van der Waals surface area contributed by atoms with Crippen LogP contribution in [-0.2, 0) is 4.79 Å². The molecule has 0 aromatic rings. The molecule has 41 heavy (non-hydrogen) atoms. The molecule has 0 unspecified atom stereocenters. The molecule has 236 valence electrons. The molecule has 2 spiro atoms. The summed E-state index contributed by atoms with van der Waals surface area (Å²) in [5.74, 6) is 5.80. The number of rotatable bonds is 12. The summed E-state index contributed by atoms with van der Waals surface area (Å²) in [5.41, 5.74) is -0.877. The van der Waals surface area contributed by atoms with Crippen LogP contribution in [-0.4, -0.2) is 10.1 Å². The second kappa shape index (κ2) is 14.6. The predicted molar refractivity (Wildman–Crippen MR) is 177 cm³/mol. The smallest absolute Gasteiger partial charge is 0.151 e. The topological polar surface area (TPSA) is 17.1 Å².